The van der Waals surface area contributed by atoms with E-state index in [1.165, 1.54) is 6.92 Å². The number of halogens is 4. The minimum Gasteiger partial charge on any atom is -0.379 e. The van der Waals surface area contributed by atoms with E-state index in [0.29, 0.717) is 12.7 Å². The number of carbonyl (C=O) groups is 1. The summed E-state index contributed by atoms with van der Waals surface area (Å²) in [5, 5.41) is 2.50. The molecule has 1 rings (SSSR count). The first-order valence-electron chi connectivity index (χ1n) is 5.97. The topological polar surface area (TPSA) is 38.3 Å². The zero-order valence-corrected chi connectivity index (χ0v) is 11.1. The lowest BCUT2D eigenvalue weighted by Gasteiger charge is -2.19. The van der Waals surface area contributed by atoms with Gasteiger partial charge in [-0.1, -0.05) is 6.07 Å². The van der Waals surface area contributed by atoms with E-state index in [4.69, 9.17) is 4.74 Å². The van der Waals surface area contributed by atoms with E-state index >= 15 is 0 Å². The smallest absolute Gasteiger partial charge is 0.379 e. The predicted octanol–water partition coefficient (Wildman–Crippen LogP) is 3.06. The molecule has 3 nitrogen and oxygen atoms in total. The Morgan fingerprint density at radius 3 is 2.50 bits per heavy atom. The van der Waals surface area contributed by atoms with Crippen molar-refractivity contribution in [3.63, 3.8) is 0 Å². The number of hydrogen-bond donors (Lipinski definition) is 1. The summed E-state index contributed by atoms with van der Waals surface area (Å²) in [6, 6.07) is 1.86. The molecule has 1 N–H and O–H groups in total. The van der Waals surface area contributed by atoms with Crippen LogP contribution in [-0.4, -0.2) is 19.1 Å². The van der Waals surface area contributed by atoms with Crippen LogP contribution < -0.4 is 5.32 Å². The van der Waals surface area contributed by atoms with Gasteiger partial charge >= 0.3 is 6.18 Å². The van der Waals surface area contributed by atoms with Crippen molar-refractivity contribution < 1.29 is 27.1 Å². The number of nitrogens with one attached hydrogen (secondary N) is 1. The molecule has 1 atom stereocenters. The van der Waals surface area contributed by atoms with Gasteiger partial charge in [-0.15, -0.1) is 0 Å². The lowest BCUT2D eigenvalue weighted by atomic mass is 10.0. The second-order valence-corrected chi connectivity index (χ2v) is 4.15. The quantitative estimate of drug-likeness (QED) is 0.847. The SMILES string of the molecule is CCOCC(NC(C)=O)c1ccc(C(F)(F)F)c(F)c1. The van der Waals surface area contributed by atoms with Gasteiger partial charge in [0.1, 0.15) is 5.82 Å². The van der Waals surface area contributed by atoms with E-state index in [9.17, 15) is 22.4 Å². The van der Waals surface area contributed by atoms with Gasteiger partial charge in [0, 0.05) is 13.5 Å². The van der Waals surface area contributed by atoms with Gasteiger partial charge in [0.25, 0.3) is 0 Å². The van der Waals surface area contributed by atoms with Gasteiger partial charge in [0.05, 0.1) is 18.2 Å². The molecule has 1 aromatic carbocycles. The summed E-state index contributed by atoms with van der Waals surface area (Å²) in [6.45, 7) is 3.43. The van der Waals surface area contributed by atoms with Gasteiger partial charge in [0.15, 0.2) is 0 Å². The molecule has 0 aromatic heterocycles. The Bertz CT molecular complexity index is 474. The Morgan fingerprint density at radius 1 is 1.40 bits per heavy atom. The van der Waals surface area contributed by atoms with Crippen molar-refractivity contribution in [2.45, 2.75) is 26.1 Å². The summed E-state index contributed by atoms with van der Waals surface area (Å²) < 4.78 is 56.0. The third-order valence-corrected chi connectivity index (χ3v) is 2.57. The van der Waals surface area contributed by atoms with E-state index in [1.54, 1.807) is 6.92 Å². The number of rotatable bonds is 5. The Kier molecular flexibility index (Phi) is 5.50. The fourth-order valence-electron chi connectivity index (χ4n) is 1.68. The van der Waals surface area contributed by atoms with Crippen molar-refractivity contribution in [3.05, 3.63) is 35.1 Å². The van der Waals surface area contributed by atoms with E-state index in [2.05, 4.69) is 5.32 Å². The summed E-state index contributed by atoms with van der Waals surface area (Å²) in [7, 11) is 0. The summed E-state index contributed by atoms with van der Waals surface area (Å²) in [5.41, 5.74) is -1.11. The molecule has 1 aromatic rings. The lowest BCUT2D eigenvalue weighted by molar-refractivity contribution is -0.140. The van der Waals surface area contributed by atoms with Gasteiger partial charge < -0.3 is 10.1 Å². The minimum atomic E-state index is -4.74. The molecule has 1 unspecified atom stereocenters. The molecule has 0 bridgehead atoms. The number of hydrogen-bond acceptors (Lipinski definition) is 2. The van der Waals surface area contributed by atoms with Gasteiger partial charge in [-0.3, -0.25) is 4.79 Å². The van der Waals surface area contributed by atoms with Gasteiger partial charge in [-0.25, -0.2) is 4.39 Å². The number of alkyl halides is 3. The second kappa shape index (κ2) is 6.69. The fraction of sp³-hybridized carbons (Fsp3) is 0.462. The van der Waals surface area contributed by atoms with Gasteiger partial charge in [0.2, 0.25) is 5.91 Å². The van der Waals surface area contributed by atoms with Crippen molar-refractivity contribution in [1.82, 2.24) is 5.32 Å². The number of carbonyl (C=O) groups excluding carboxylic acids is 1. The Balaban J connectivity index is 3.02. The van der Waals surface area contributed by atoms with Crippen molar-refractivity contribution >= 4 is 5.91 Å². The van der Waals surface area contributed by atoms with E-state index in [0.717, 1.165) is 12.1 Å². The zero-order valence-electron chi connectivity index (χ0n) is 11.1. The monoisotopic (exact) mass is 293 g/mol. The molecule has 0 saturated heterocycles. The molecule has 7 heteroatoms. The molecular formula is C13H15F4NO2. The third kappa shape index (κ3) is 4.48. The molecular weight excluding hydrogens is 278 g/mol. The van der Waals surface area contributed by atoms with Crippen LogP contribution in [0.15, 0.2) is 18.2 Å². The van der Waals surface area contributed by atoms with Crippen LogP contribution in [-0.2, 0) is 15.7 Å². The van der Waals surface area contributed by atoms with E-state index in [-0.39, 0.29) is 18.1 Å². The number of benzene rings is 1. The highest BCUT2D eigenvalue weighted by Crippen LogP contribution is 2.32. The summed E-state index contributed by atoms with van der Waals surface area (Å²) in [5.74, 6) is -1.75. The average Bonchev–Trinajstić information content (AvgIpc) is 2.32. The molecule has 0 radical (unpaired) electrons. The van der Waals surface area contributed by atoms with Crippen LogP contribution >= 0.6 is 0 Å². The summed E-state index contributed by atoms with van der Waals surface area (Å²) >= 11 is 0. The molecule has 0 aliphatic carbocycles. The molecule has 0 aliphatic heterocycles. The number of ether oxygens (including phenoxy) is 1. The maximum atomic E-state index is 13.5. The minimum absolute atomic E-state index is 0.0564. The molecule has 0 heterocycles. The van der Waals surface area contributed by atoms with Gasteiger partial charge in [-0.2, -0.15) is 13.2 Å². The normalized spacial score (nSPS) is 13.1. The van der Waals surface area contributed by atoms with Gasteiger partial charge in [-0.05, 0) is 24.6 Å². The molecule has 0 saturated carbocycles. The van der Waals surface area contributed by atoms with Crippen LogP contribution in [0.3, 0.4) is 0 Å². The highest BCUT2D eigenvalue weighted by Gasteiger charge is 2.34. The van der Waals surface area contributed by atoms with Crippen molar-refractivity contribution in [2.24, 2.45) is 0 Å². The second-order valence-electron chi connectivity index (χ2n) is 4.15. The van der Waals surface area contributed by atoms with Crippen LogP contribution in [0.2, 0.25) is 0 Å². The van der Waals surface area contributed by atoms with Crippen LogP contribution in [0.25, 0.3) is 0 Å². The largest absolute Gasteiger partial charge is 0.419 e. The van der Waals surface area contributed by atoms with Crippen molar-refractivity contribution in [1.29, 1.82) is 0 Å². The van der Waals surface area contributed by atoms with Crippen molar-refractivity contribution in [3.8, 4) is 0 Å². The highest BCUT2D eigenvalue weighted by atomic mass is 19.4. The van der Waals surface area contributed by atoms with E-state index < -0.39 is 23.6 Å². The zero-order chi connectivity index (χ0) is 15.3. The van der Waals surface area contributed by atoms with Crippen LogP contribution in [0, 0.1) is 5.82 Å². The first-order chi connectivity index (χ1) is 9.25. The maximum absolute atomic E-state index is 13.5. The Labute approximate surface area is 113 Å². The highest BCUT2D eigenvalue weighted by molar-refractivity contribution is 5.73. The third-order valence-electron chi connectivity index (χ3n) is 2.57. The molecule has 0 spiro atoms. The fourth-order valence-corrected chi connectivity index (χ4v) is 1.68. The first-order valence-corrected chi connectivity index (χ1v) is 5.97. The summed E-state index contributed by atoms with van der Waals surface area (Å²) in [6.07, 6.45) is -4.74. The average molecular weight is 293 g/mol. The Morgan fingerprint density at radius 2 is 2.05 bits per heavy atom. The number of amides is 1. The molecule has 0 fully saturated rings. The molecule has 20 heavy (non-hydrogen) atoms. The Hall–Kier alpha value is -1.63. The predicted molar refractivity (Wildman–Crippen MR) is 64.5 cm³/mol. The molecule has 0 aliphatic rings. The first kappa shape index (κ1) is 16.4. The van der Waals surface area contributed by atoms with Crippen LogP contribution in [0.4, 0.5) is 17.6 Å². The van der Waals surface area contributed by atoms with E-state index in [1.807, 2.05) is 0 Å². The van der Waals surface area contributed by atoms with Crippen LogP contribution in [0.5, 0.6) is 0 Å². The maximum Gasteiger partial charge on any atom is 0.419 e. The van der Waals surface area contributed by atoms with Crippen molar-refractivity contribution in [2.75, 3.05) is 13.2 Å². The standard InChI is InChI=1S/C13H15F4NO2/c1-3-20-7-12(18-8(2)19)9-4-5-10(11(14)6-9)13(15,16)17/h4-6,12H,3,7H2,1-2H3,(H,18,19). The van der Waals surface area contributed by atoms with Crippen LogP contribution in [0.1, 0.15) is 31.0 Å². The molecule has 112 valence electrons. The summed E-state index contributed by atoms with van der Waals surface area (Å²) in [4.78, 5) is 11.1. The molecule has 1 amide bonds. The lowest BCUT2D eigenvalue weighted by Crippen LogP contribution is -2.29.